The molecular formula is C15H16O2Si. The highest BCUT2D eigenvalue weighted by molar-refractivity contribution is 6.79. The van der Waals surface area contributed by atoms with Crippen molar-refractivity contribution < 1.29 is 8.85 Å². The molecule has 0 aliphatic carbocycles. The van der Waals surface area contributed by atoms with Gasteiger partial charge in [0.25, 0.3) is 0 Å². The molecule has 1 aliphatic heterocycles. The monoisotopic (exact) mass is 256 g/mol. The van der Waals surface area contributed by atoms with Crippen LogP contribution in [0.1, 0.15) is 11.1 Å². The van der Waals surface area contributed by atoms with Crippen molar-refractivity contribution in [1.29, 1.82) is 0 Å². The summed E-state index contributed by atoms with van der Waals surface area (Å²) in [6.45, 7) is 3.41. The Morgan fingerprint density at radius 1 is 0.778 bits per heavy atom. The molecule has 0 radical (unpaired) electrons. The molecule has 0 bridgehead atoms. The van der Waals surface area contributed by atoms with Crippen molar-refractivity contribution in [3.05, 3.63) is 65.7 Å². The zero-order chi connectivity index (χ0) is 12.4. The summed E-state index contributed by atoms with van der Waals surface area (Å²) in [6, 6.07) is 18.6. The fourth-order valence-corrected chi connectivity index (χ4v) is 4.30. The van der Waals surface area contributed by atoms with Gasteiger partial charge in [-0.2, -0.15) is 0 Å². The zero-order valence-electron chi connectivity index (χ0n) is 10.4. The standard InChI is InChI=1S/C15H16O2Si/c1-18(15-9-3-2-4-10-15)16-11-13-7-5-6-8-14(13)12-17-18/h2-10H,11-12H2,1H3. The zero-order valence-corrected chi connectivity index (χ0v) is 11.4. The Labute approximate surface area is 108 Å². The lowest BCUT2D eigenvalue weighted by Crippen LogP contribution is -2.49. The molecule has 0 saturated carbocycles. The topological polar surface area (TPSA) is 18.5 Å². The second-order valence-electron chi connectivity index (χ2n) is 4.66. The van der Waals surface area contributed by atoms with Crippen LogP contribution in [0.2, 0.25) is 6.55 Å². The third-order valence-electron chi connectivity index (χ3n) is 3.42. The number of hydrogen-bond donors (Lipinski definition) is 0. The predicted molar refractivity (Wildman–Crippen MR) is 73.7 cm³/mol. The van der Waals surface area contributed by atoms with E-state index in [1.165, 1.54) is 16.3 Å². The van der Waals surface area contributed by atoms with Crippen molar-refractivity contribution in [2.75, 3.05) is 0 Å². The van der Waals surface area contributed by atoms with Crippen LogP contribution in [0.4, 0.5) is 0 Å². The van der Waals surface area contributed by atoms with Gasteiger partial charge in [0.15, 0.2) is 0 Å². The summed E-state index contributed by atoms with van der Waals surface area (Å²) in [6.07, 6.45) is 0. The molecule has 92 valence electrons. The fraction of sp³-hybridized carbons (Fsp3) is 0.200. The lowest BCUT2D eigenvalue weighted by Gasteiger charge is -2.24. The van der Waals surface area contributed by atoms with E-state index in [1.807, 2.05) is 18.2 Å². The molecule has 0 atom stereocenters. The average Bonchev–Trinajstić information content (AvgIpc) is 2.61. The molecule has 3 heteroatoms. The molecule has 1 heterocycles. The molecule has 18 heavy (non-hydrogen) atoms. The first-order chi connectivity index (χ1) is 8.78. The maximum atomic E-state index is 6.12. The van der Waals surface area contributed by atoms with E-state index >= 15 is 0 Å². The Bertz CT molecular complexity index is 512. The van der Waals surface area contributed by atoms with Gasteiger partial charge in [-0.3, -0.25) is 0 Å². The Morgan fingerprint density at radius 2 is 1.28 bits per heavy atom. The SMILES string of the molecule is C[Si]1(c2ccccc2)OCc2ccccc2CO1. The number of fused-ring (bicyclic) bond motifs is 1. The molecular weight excluding hydrogens is 240 g/mol. The first kappa shape index (κ1) is 11.7. The Kier molecular flexibility index (Phi) is 3.03. The molecule has 2 aromatic carbocycles. The molecule has 2 aromatic rings. The second-order valence-corrected chi connectivity index (χ2v) is 7.70. The van der Waals surface area contributed by atoms with E-state index in [0.717, 1.165) is 0 Å². The summed E-state index contributed by atoms with van der Waals surface area (Å²) in [5.41, 5.74) is 2.48. The van der Waals surface area contributed by atoms with E-state index in [1.54, 1.807) is 0 Å². The molecule has 3 rings (SSSR count). The molecule has 0 N–H and O–H groups in total. The van der Waals surface area contributed by atoms with Gasteiger partial charge in [-0.15, -0.1) is 0 Å². The molecule has 0 aromatic heterocycles. The molecule has 0 unspecified atom stereocenters. The Hall–Kier alpha value is -1.42. The third-order valence-corrected chi connectivity index (χ3v) is 6.20. The Balaban J connectivity index is 1.91. The average molecular weight is 256 g/mol. The summed E-state index contributed by atoms with van der Waals surface area (Å²) < 4.78 is 12.2. The Morgan fingerprint density at radius 3 is 1.83 bits per heavy atom. The number of benzene rings is 2. The van der Waals surface area contributed by atoms with Gasteiger partial charge in [0.2, 0.25) is 0 Å². The second kappa shape index (κ2) is 4.69. The lowest BCUT2D eigenvalue weighted by molar-refractivity contribution is 0.187. The van der Waals surface area contributed by atoms with Gasteiger partial charge in [0.1, 0.15) is 0 Å². The van der Waals surface area contributed by atoms with Crippen molar-refractivity contribution >= 4 is 13.7 Å². The van der Waals surface area contributed by atoms with Crippen LogP contribution in [0.3, 0.4) is 0 Å². The molecule has 0 amide bonds. The van der Waals surface area contributed by atoms with Crippen LogP contribution in [0, 0.1) is 0 Å². The summed E-state index contributed by atoms with van der Waals surface area (Å²) in [5, 5.41) is 1.19. The third kappa shape index (κ3) is 2.12. The lowest BCUT2D eigenvalue weighted by atomic mass is 10.1. The highest BCUT2D eigenvalue weighted by atomic mass is 28.4. The van der Waals surface area contributed by atoms with E-state index in [4.69, 9.17) is 8.85 Å². The van der Waals surface area contributed by atoms with Crippen LogP contribution in [0.25, 0.3) is 0 Å². The van der Waals surface area contributed by atoms with Gasteiger partial charge in [0, 0.05) is 0 Å². The van der Waals surface area contributed by atoms with E-state index in [2.05, 4.69) is 42.9 Å². The first-order valence-corrected chi connectivity index (χ1v) is 8.50. The smallest absolute Gasteiger partial charge is 0.369 e. The first-order valence-electron chi connectivity index (χ1n) is 6.18. The molecule has 1 aliphatic rings. The molecule has 0 fully saturated rings. The number of rotatable bonds is 1. The van der Waals surface area contributed by atoms with Gasteiger partial charge >= 0.3 is 8.56 Å². The van der Waals surface area contributed by atoms with E-state index in [9.17, 15) is 0 Å². The van der Waals surface area contributed by atoms with Crippen molar-refractivity contribution in [2.24, 2.45) is 0 Å². The van der Waals surface area contributed by atoms with Crippen molar-refractivity contribution in [1.82, 2.24) is 0 Å². The minimum atomic E-state index is -2.26. The molecule has 0 saturated heterocycles. The maximum Gasteiger partial charge on any atom is 0.369 e. The summed E-state index contributed by atoms with van der Waals surface area (Å²) in [5.74, 6) is 0. The van der Waals surface area contributed by atoms with Gasteiger partial charge in [-0.1, -0.05) is 54.6 Å². The minimum Gasteiger partial charge on any atom is -0.387 e. The van der Waals surface area contributed by atoms with Crippen molar-refractivity contribution in [3.63, 3.8) is 0 Å². The molecule has 2 nitrogen and oxygen atoms in total. The van der Waals surface area contributed by atoms with E-state index in [0.29, 0.717) is 13.2 Å². The molecule has 0 spiro atoms. The van der Waals surface area contributed by atoms with Crippen LogP contribution in [-0.4, -0.2) is 8.56 Å². The maximum absolute atomic E-state index is 6.12. The van der Waals surface area contributed by atoms with Crippen LogP contribution >= 0.6 is 0 Å². The van der Waals surface area contributed by atoms with Crippen LogP contribution in [0.5, 0.6) is 0 Å². The van der Waals surface area contributed by atoms with Gasteiger partial charge in [-0.25, -0.2) is 0 Å². The van der Waals surface area contributed by atoms with Crippen molar-refractivity contribution in [3.8, 4) is 0 Å². The van der Waals surface area contributed by atoms with Crippen LogP contribution in [-0.2, 0) is 22.1 Å². The quantitative estimate of drug-likeness (QED) is 0.730. The van der Waals surface area contributed by atoms with Gasteiger partial charge in [0.05, 0.1) is 13.2 Å². The van der Waals surface area contributed by atoms with Crippen LogP contribution in [0.15, 0.2) is 54.6 Å². The summed E-state index contributed by atoms with van der Waals surface area (Å²) >= 11 is 0. The predicted octanol–water partition coefficient (Wildman–Crippen LogP) is 2.71. The van der Waals surface area contributed by atoms with E-state index < -0.39 is 8.56 Å². The summed E-state index contributed by atoms with van der Waals surface area (Å²) in [7, 11) is -2.26. The minimum absolute atomic E-state index is 0.647. The van der Waals surface area contributed by atoms with Crippen LogP contribution < -0.4 is 5.19 Å². The van der Waals surface area contributed by atoms with E-state index in [-0.39, 0.29) is 0 Å². The number of hydrogen-bond acceptors (Lipinski definition) is 2. The highest BCUT2D eigenvalue weighted by Crippen LogP contribution is 2.21. The van der Waals surface area contributed by atoms with Crippen molar-refractivity contribution in [2.45, 2.75) is 19.8 Å². The normalized spacial score (nSPS) is 17.8. The van der Waals surface area contributed by atoms with Gasteiger partial charge in [-0.05, 0) is 22.9 Å². The highest BCUT2D eigenvalue weighted by Gasteiger charge is 2.36. The largest absolute Gasteiger partial charge is 0.387 e. The van der Waals surface area contributed by atoms with Gasteiger partial charge < -0.3 is 8.85 Å². The summed E-state index contributed by atoms with van der Waals surface area (Å²) in [4.78, 5) is 0. The fourth-order valence-electron chi connectivity index (χ4n) is 2.22.